The minimum absolute atomic E-state index is 0.221. The molecule has 2 heterocycles. The largest absolute Gasteiger partial charge is 0.385 e. The van der Waals surface area contributed by atoms with Gasteiger partial charge in [-0.2, -0.15) is 0 Å². The quantitative estimate of drug-likeness (QED) is 0.822. The van der Waals surface area contributed by atoms with Crippen LogP contribution in [0, 0.1) is 0 Å². The van der Waals surface area contributed by atoms with E-state index in [0.717, 1.165) is 30.5 Å². The predicted octanol–water partition coefficient (Wildman–Crippen LogP) is 2.94. The van der Waals surface area contributed by atoms with E-state index in [4.69, 9.17) is 0 Å². The number of aryl methyl sites for hydroxylation is 1. The minimum atomic E-state index is -0.221. The number of nitrogens with zero attached hydrogens (tertiary/aromatic N) is 1. The molecule has 4 nitrogen and oxygen atoms in total. The minimum Gasteiger partial charge on any atom is -0.385 e. The Kier molecular flexibility index (Phi) is 2.79. The Labute approximate surface area is 128 Å². The molecule has 0 unspecified atom stereocenters. The maximum Gasteiger partial charge on any atom is 0.261 e. The summed E-state index contributed by atoms with van der Waals surface area (Å²) in [6.45, 7) is 1.02. The van der Waals surface area contributed by atoms with Crippen molar-refractivity contribution in [1.29, 1.82) is 0 Å². The fourth-order valence-electron chi connectivity index (χ4n) is 3.20. The highest BCUT2D eigenvalue weighted by molar-refractivity contribution is 6.21. The van der Waals surface area contributed by atoms with E-state index in [-0.39, 0.29) is 11.8 Å². The van der Waals surface area contributed by atoms with Gasteiger partial charge < -0.3 is 5.32 Å². The molecule has 2 aromatic rings. The van der Waals surface area contributed by atoms with Gasteiger partial charge in [0.2, 0.25) is 0 Å². The maximum absolute atomic E-state index is 12.1. The summed E-state index contributed by atoms with van der Waals surface area (Å²) in [6, 6.07) is 11.8. The molecule has 0 spiro atoms. The second kappa shape index (κ2) is 4.70. The number of rotatable bonds is 1. The summed E-state index contributed by atoms with van der Waals surface area (Å²) in [5.41, 5.74) is 5.56. The number of fused-ring (bicyclic) bond motifs is 2. The van der Waals surface area contributed by atoms with Gasteiger partial charge in [-0.25, -0.2) is 0 Å². The van der Waals surface area contributed by atoms with Crippen LogP contribution in [-0.4, -0.2) is 30.3 Å². The van der Waals surface area contributed by atoms with Crippen LogP contribution < -0.4 is 5.32 Å². The lowest BCUT2D eigenvalue weighted by Crippen LogP contribution is -2.24. The van der Waals surface area contributed by atoms with E-state index in [2.05, 4.69) is 23.5 Å². The molecule has 2 amide bonds. The van der Waals surface area contributed by atoms with Crippen LogP contribution in [0.25, 0.3) is 11.1 Å². The average Bonchev–Trinajstić information content (AvgIpc) is 2.78. The first-order chi connectivity index (χ1) is 10.6. The van der Waals surface area contributed by atoms with Crippen LogP contribution in [0.5, 0.6) is 0 Å². The Morgan fingerprint density at radius 1 is 0.955 bits per heavy atom. The number of carbonyl (C=O) groups excluding carboxylic acids is 2. The highest BCUT2D eigenvalue weighted by Gasteiger charge is 2.32. The summed E-state index contributed by atoms with van der Waals surface area (Å²) in [5, 5.41) is 3.40. The molecule has 4 rings (SSSR count). The first-order valence-electron chi connectivity index (χ1n) is 7.49. The van der Waals surface area contributed by atoms with Gasteiger partial charge >= 0.3 is 0 Å². The van der Waals surface area contributed by atoms with Gasteiger partial charge in [-0.1, -0.05) is 12.1 Å². The van der Waals surface area contributed by atoms with Crippen molar-refractivity contribution in [3.05, 3.63) is 53.1 Å². The lowest BCUT2D eigenvalue weighted by atomic mass is 9.95. The highest BCUT2D eigenvalue weighted by atomic mass is 16.2. The van der Waals surface area contributed by atoms with E-state index in [1.54, 1.807) is 6.07 Å². The Morgan fingerprint density at radius 2 is 1.68 bits per heavy atom. The summed E-state index contributed by atoms with van der Waals surface area (Å²) >= 11 is 0. The highest BCUT2D eigenvalue weighted by Crippen LogP contribution is 2.31. The van der Waals surface area contributed by atoms with Crippen LogP contribution in [0.4, 0.5) is 5.69 Å². The summed E-state index contributed by atoms with van der Waals surface area (Å²) in [7, 11) is 1.52. The predicted molar refractivity (Wildman–Crippen MR) is 85.1 cm³/mol. The topological polar surface area (TPSA) is 49.4 Å². The molecule has 0 atom stereocenters. The molecular weight excluding hydrogens is 276 g/mol. The Hall–Kier alpha value is -2.62. The molecular formula is C18H16N2O2. The molecule has 0 radical (unpaired) electrons. The molecule has 2 aliphatic rings. The Bertz CT molecular complexity index is 811. The lowest BCUT2D eigenvalue weighted by molar-refractivity contribution is 0.0693. The number of imide groups is 1. The lowest BCUT2D eigenvalue weighted by Gasteiger charge is -2.18. The molecule has 0 fully saturated rings. The molecule has 2 aliphatic heterocycles. The third kappa shape index (κ3) is 1.84. The van der Waals surface area contributed by atoms with Gasteiger partial charge in [0.05, 0.1) is 11.1 Å². The second-order valence-corrected chi connectivity index (χ2v) is 5.83. The zero-order valence-electron chi connectivity index (χ0n) is 12.3. The van der Waals surface area contributed by atoms with Crippen molar-refractivity contribution in [2.24, 2.45) is 0 Å². The van der Waals surface area contributed by atoms with Crippen LogP contribution in [0.1, 0.15) is 32.7 Å². The molecule has 110 valence electrons. The average molecular weight is 292 g/mol. The van der Waals surface area contributed by atoms with E-state index in [0.29, 0.717) is 11.1 Å². The number of carbonyl (C=O) groups is 2. The number of amides is 2. The van der Waals surface area contributed by atoms with E-state index in [1.165, 1.54) is 23.2 Å². The van der Waals surface area contributed by atoms with E-state index >= 15 is 0 Å². The van der Waals surface area contributed by atoms with Gasteiger partial charge in [0.1, 0.15) is 0 Å². The van der Waals surface area contributed by atoms with Crippen LogP contribution in [0.2, 0.25) is 0 Å². The molecule has 0 saturated heterocycles. The van der Waals surface area contributed by atoms with Crippen molar-refractivity contribution >= 4 is 17.5 Å². The zero-order chi connectivity index (χ0) is 15.3. The van der Waals surface area contributed by atoms with Crippen LogP contribution in [-0.2, 0) is 6.42 Å². The zero-order valence-corrected chi connectivity index (χ0v) is 12.3. The smallest absolute Gasteiger partial charge is 0.261 e. The number of anilines is 1. The molecule has 0 aliphatic carbocycles. The normalized spacial score (nSPS) is 16.3. The van der Waals surface area contributed by atoms with E-state index in [1.807, 2.05) is 12.1 Å². The first-order valence-corrected chi connectivity index (χ1v) is 7.49. The van der Waals surface area contributed by atoms with Crippen molar-refractivity contribution in [3.63, 3.8) is 0 Å². The van der Waals surface area contributed by atoms with Crippen LogP contribution in [0.3, 0.4) is 0 Å². The third-order valence-corrected chi connectivity index (χ3v) is 4.47. The summed E-state index contributed by atoms with van der Waals surface area (Å²) in [4.78, 5) is 25.2. The number of hydrogen-bond donors (Lipinski definition) is 1. The summed E-state index contributed by atoms with van der Waals surface area (Å²) in [6.07, 6.45) is 2.21. The number of hydrogen-bond acceptors (Lipinski definition) is 3. The standard InChI is InChI=1S/C18H16N2O2/c1-20-17(21)14-6-4-12(10-15(14)18(20)22)11-5-7-16-13(9-11)3-2-8-19-16/h4-7,9-10,19H,2-3,8H2,1H3. The van der Waals surface area contributed by atoms with Crippen molar-refractivity contribution in [2.45, 2.75) is 12.8 Å². The van der Waals surface area contributed by atoms with Gasteiger partial charge in [0.15, 0.2) is 0 Å². The third-order valence-electron chi connectivity index (χ3n) is 4.47. The van der Waals surface area contributed by atoms with Gasteiger partial charge in [-0.15, -0.1) is 0 Å². The van der Waals surface area contributed by atoms with E-state index < -0.39 is 0 Å². The monoisotopic (exact) mass is 292 g/mol. The van der Waals surface area contributed by atoms with Crippen molar-refractivity contribution < 1.29 is 9.59 Å². The molecule has 1 N–H and O–H groups in total. The van der Waals surface area contributed by atoms with Crippen LogP contribution >= 0.6 is 0 Å². The first kappa shape index (κ1) is 13.1. The Balaban J connectivity index is 1.79. The number of nitrogens with one attached hydrogen (secondary N) is 1. The van der Waals surface area contributed by atoms with Gasteiger partial charge in [-0.3, -0.25) is 14.5 Å². The van der Waals surface area contributed by atoms with Crippen molar-refractivity contribution in [1.82, 2.24) is 4.90 Å². The maximum atomic E-state index is 12.1. The van der Waals surface area contributed by atoms with Gasteiger partial charge in [0.25, 0.3) is 11.8 Å². The molecule has 4 heteroatoms. The molecule has 2 aromatic carbocycles. The fraction of sp³-hybridized carbons (Fsp3) is 0.222. The van der Waals surface area contributed by atoms with Crippen molar-refractivity contribution in [2.75, 3.05) is 18.9 Å². The molecule has 0 saturated carbocycles. The van der Waals surface area contributed by atoms with Crippen LogP contribution in [0.15, 0.2) is 36.4 Å². The number of benzene rings is 2. The molecule has 0 bridgehead atoms. The SMILES string of the molecule is CN1C(=O)c2ccc(-c3ccc4c(c3)CCCN4)cc2C1=O. The fourth-order valence-corrected chi connectivity index (χ4v) is 3.20. The van der Waals surface area contributed by atoms with Crippen molar-refractivity contribution in [3.8, 4) is 11.1 Å². The summed E-state index contributed by atoms with van der Waals surface area (Å²) in [5.74, 6) is -0.442. The summed E-state index contributed by atoms with van der Waals surface area (Å²) < 4.78 is 0. The Morgan fingerprint density at radius 3 is 2.55 bits per heavy atom. The molecule has 22 heavy (non-hydrogen) atoms. The molecule has 0 aromatic heterocycles. The van der Waals surface area contributed by atoms with Gasteiger partial charge in [-0.05, 0) is 53.8 Å². The van der Waals surface area contributed by atoms with Gasteiger partial charge in [0, 0.05) is 19.3 Å². The van der Waals surface area contributed by atoms with E-state index in [9.17, 15) is 9.59 Å². The second-order valence-electron chi connectivity index (χ2n) is 5.83.